The van der Waals surface area contributed by atoms with Crippen LogP contribution in [-0.2, 0) is 0 Å². The van der Waals surface area contributed by atoms with Gasteiger partial charge in [-0.3, -0.25) is 4.79 Å². The molecule has 2 aromatic carbocycles. The third-order valence-corrected chi connectivity index (χ3v) is 4.33. The van der Waals surface area contributed by atoms with E-state index in [0.29, 0.717) is 17.9 Å². The van der Waals surface area contributed by atoms with E-state index in [9.17, 15) is 13.6 Å². The molecule has 0 saturated carbocycles. The molecule has 0 bridgehead atoms. The van der Waals surface area contributed by atoms with Crippen LogP contribution in [-0.4, -0.2) is 32.1 Å². The first-order valence-corrected chi connectivity index (χ1v) is 8.23. The van der Waals surface area contributed by atoms with Crippen molar-refractivity contribution >= 4 is 18.3 Å². The summed E-state index contributed by atoms with van der Waals surface area (Å²) in [7, 11) is 1.45. The lowest BCUT2D eigenvalue weighted by atomic mass is 10.0. The maximum Gasteiger partial charge on any atom is 0.254 e. The monoisotopic (exact) mass is 382 g/mol. The third-order valence-electron chi connectivity index (χ3n) is 4.33. The van der Waals surface area contributed by atoms with Crippen LogP contribution in [0.15, 0.2) is 36.4 Å². The van der Waals surface area contributed by atoms with E-state index < -0.39 is 17.5 Å². The summed E-state index contributed by atoms with van der Waals surface area (Å²) in [5.74, 6) is -1.25. The molecule has 0 radical (unpaired) electrons. The number of carbonyl (C=O) groups excluding carboxylic acids is 1. The van der Waals surface area contributed by atoms with Gasteiger partial charge < -0.3 is 15.4 Å². The van der Waals surface area contributed by atoms with E-state index in [-0.39, 0.29) is 29.6 Å². The second kappa shape index (κ2) is 8.96. The second-order valence-electron chi connectivity index (χ2n) is 6.06. The van der Waals surface area contributed by atoms with Gasteiger partial charge in [-0.1, -0.05) is 6.07 Å². The van der Waals surface area contributed by atoms with E-state index in [1.165, 1.54) is 31.4 Å². The van der Waals surface area contributed by atoms with Crippen LogP contribution < -0.4 is 15.4 Å². The Morgan fingerprint density at radius 2 is 2.00 bits per heavy atom. The topological polar surface area (TPSA) is 50.4 Å². The SMILES string of the molecule is COc1ccc(-c2ccc(C(=O)NC3CCCNC3)c(F)c2)c(F)c1.Cl. The van der Waals surface area contributed by atoms with Gasteiger partial charge in [-0.05, 0) is 49.2 Å². The third kappa shape index (κ3) is 4.51. The number of hydrogen-bond acceptors (Lipinski definition) is 3. The van der Waals surface area contributed by atoms with Crippen LogP contribution in [0.5, 0.6) is 5.75 Å². The smallest absolute Gasteiger partial charge is 0.254 e. The van der Waals surface area contributed by atoms with Crippen LogP contribution in [0.3, 0.4) is 0 Å². The molecule has 1 saturated heterocycles. The number of hydrogen-bond donors (Lipinski definition) is 2. The van der Waals surface area contributed by atoms with Crippen molar-refractivity contribution in [3.8, 4) is 16.9 Å². The van der Waals surface area contributed by atoms with Crippen molar-refractivity contribution < 1.29 is 18.3 Å². The molecule has 1 aliphatic heterocycles. The molecule has 26 heavy (non-hydrogen) atoms. The van der Waals surface area contributed by atoms with Crippen LogP contribution in [0.1, 0.15) is 23.2 Å². The first kappa shape index (κ1) is 20.1. The number of amides is 1. The molecule has 0 aliphatic carbocycles. The number of piperidine rings is 1. The molecule has 140 valence electrons. The van der Waals surface area contributed by atoms with Crippen molar-refractivity contribution in [2.45, 2.75) is 18.9 Å². The van der Waals surface area contributed by atoms with Crippen molar-refractivity contribution in [3.63, 3.8) is 0 Å². The van der Waals surface area contributed by atoms with Crippen molar-refractivity contribution in [1.82, 2.24) is 10.6 Å². The van der Waals surface area contributed by atoms with Crippen LogP contribution in [0.4, 0.5) is 8.78 Å². The van der Waals surface area contributed by atoms with Crippen molar-refractivity contribution in [2.75, 3.05) is 20.2 Å². The minimum Gasteiger partial charge on any atom is -0.497 e. The van der Waals surface area contributed by atoms with Gasteiger partial charge in [0.1, 0.15) is 17.4 Å². The largest absolute Gasteiger partial charge is 0.497 e. The van der Waals surface area contributed by atoms with Gasteiger partial charge in [0.25, 0.3) is 5.91 Å². The number of nitrogens with one attached hydrogen (secondary N) is 2. The molecular formula is C19H21ClF2N2O2. The van der Waals surface area contributed by atoms with Gasteiger partial charge >= 0.3 is 0 Å². The number of carbonyl (C=O) groups is 1. The maximum atomic E-state index is 14.4. The zero-order chi connectivity index (χ0) is 17.8. The standard InChI is InChI=1S/C19H20F2N2O2.ClH/c1-25-14-5-7-15(18(21)10-14)12-4-6-16(17(20)9-12)19(24)23-13-3-2-8-22-11-13;/h4-7,9-10,13,22H,2-3,8,11H2,1H3,(H,23,24);1H. The van der Waals surface area contributed by atoms with Gasteiger partial charge in [-0.2, -0.15) is 0 Å². The summed E-state index contributed by atoms with van der Waals surface area (Å²) < 4.78 is 33.5. The molecule has 0 spiro atoms. The molecule has 3 rings (SSSR count). The Morgan fingerprint density at radius 3 is 2.62 bits per heavy atom. The molecule has 1 heterocycles. The van der Waals surface area contributed by atoms with Gasteiger partial charge in [-0.25, -0.2) is 8.78 Å². The number of ether oxygens (including phenoxy) is 1. The van der Waals surface area contributed by atoms with E-state index >= 15 is 0 Å². The Morgan fingerprint density at radius 1 is 1.19 bits per heavy atom. The van der Waals surface area contributed by atoms with E-state index in [1.807, 2.05) is 0 Å². The number of benzene rings is 2. The number of halogens is 3. The minimum absolute atomic E-state index is 0. The fourth-order valence-electron chi connectivity index (χ4n) is 2.96. The van der Waals surface area contributed by atoms with Crippen molar-refractivity contribution in [2.24, 2.45) is 0 Å². The highest BCUT2D eigenvalue weighted by molar-refractivity contribution is 5.95. The summed E-state index contributed by atoms with van der Waals surface area (Å²) in [4.78, 5) is 12.3. The number of rotatable bonds is 4. The predicted molar refractivity (Wildman–Crippen MR) is 99.0 cm³/mol. The van der Waals surface area contributed by atoms with Crippen LogP contribution >= 0.6 is 12.4 Å². The van der Waals surface area contributed by atoms with Crippen LogP contribution in [0, 0.1) is 11.6 Å². The summed E-state index contributed by atoms with van der Waals surface area (Å²) >= 11 is 0. The molecule has 1 atom stereocenters. The van der Waals surface area contributed by atoms with Crippen molar-refractivity contribution in [3.05, 3.63) is 53.6 Å². The second-order valence-corrected chi connectivity index (χ2v) is 6.06. The average Bonchev–Trinajstić information content (AvgIpc) is 2.62. The van der Waals surface area contributed by atoms with Gasteiger partial charge in [0.15, 0.2) is 0 Å². The highest BCUT2D eigenvalue weighted by Gasteiger charge is 2.19. The first-order chi connectivity index (χ1) is 12.1. The quantitative estimate of drug-likeness (QED) is 0.850. The van der Waals surface area contributed by atoms with E-state index in [0.717, 1.165) is 19.4 Å². The summed E-state index contributed by atoms with van der Waals surface area (Å²) in [5.41, 5.74) is 0.583. The summed E-state index contributed by atoms with van der Waals surface area (Å²) in [6.07, 6.45) is 1.85. The Bertz CT molecular complexity index is 780. The molecular weight excluding hydrogens is 362 g/mol. The normalized spacial score (nSPS) is 16.5. The highest BCUT2D eigenvalue weighted by atomic mass is 35.5. The average molecular weight is 383 g/mol. The summed E-state index contributed by atoms with van der Waals surface area (Å²) in [6, 6.07) is 8.48. The highest BCUT2D eigenvalue weighted by Crippen LogP contribution is 2.27. The fraction of sp³-hybridized carbons (Fsp3) is 0.316. The minimum atomic E-state index is -0.672. The fourth-order valence-corrected chi connectivity index (χ4v) is 2.96. The molecule has 2 N–H and O–H groups in total. The first-order valence-electron chi connectivity index (χ1n) is 8.23. The molecule has 1 amide bonds. The lowest BCUT2D eigenvalue weighted by Crippen LogP contribution is -2.45. The summed E-state index contributed by atoms with van der Waals surface area (Å²) in [6.45, 7) is 1.62. The molecule has 0 aromatic heterocycles. The molecule has 2 aromatic rings. The zero-order valence-electron chi connectivity index (χ0n) is 14.4. The van der Waals surface area contributed by atoms with E-state index in [2.05, 4.69) is 10.6 Å². The number of methoxy groups -OCH3 is 1. The Hall–Kier alpha value is -2.18. The van der Waals surface area contributed by atoms with E-state index in [4.69, 9.17) is 4.74 Å². The molecule has 1 aliphatic rings. The Kier molecular flexibility index (Phi) is 6.94. The van der Waals surface area contributed by atoms with Crippen LogP contribution in [0.25, 0.3) is 11.1 Å². The zero-order valence-corrected chi connectivity index (χ0v) is 15.2. The van der Waals surface area contributed by atoms with Crippen LogP contribution in [0.2, 0.25) is 0 Å². The lowest BCUT2D eigenvalue weighted by molar-refractivity contribution is 0.0926. The Labute approximate surface area is 157 Å². The predicted octanol–water partition coefficient (Wildman–Crippen LogP) is 3.54. The van der Waals surface area contributed by atoms with Gasteiger partial charge in [0.2, 0.25) is 0 Å². The summed E-state index contributed by atoms with van der Waals surface area (Å²) in [5, 5.41) is 6.02. The van der Waals surface area contributed by atoms with E-state index in [1.54, 1.807) is 12.1 Å². The van der Waals surface area contributed by atoms with Crippen molar-refractivity contribution in [1.29, 1.82) is 0 Å². The van der Waals surface area contributed by atoms with Gasteiger partial charge in [0, 0.05) is 24.2 Å². The Balaban J connectivity index is 0.00000243. The molecule has 7 heteroatoms. The molecule has 1 fully saturated rings. The van der Waals surface area contributed by atoms with Gasteiger partial charge in [-0.15, -0.1) is 12.4 Å². The van der Waals surface area contributed by atoms with Gasteiger partial charge in [0.05, 0.1) is 12.7 Å². The maximum absolute atomic E-state index is 14.4. The lowest BCUT2D eigenvalue weighted by Gasteiger charge is -2.23. The molecule has 1 unspecified atom stereocenters. The molecule has 4 nitrogen and oxygen atoms in total.